The van der Waals surface area contributed by atoms with Crippen molar-refractivity contribution >= 4 is 5.97 Å². The van der Waals surface area contributed by atoms with Gasteiger partial charge < -0.3 is 19.9 Å². The first-order chi connectivity index (χ1) is 9.06. The quantitative estimate of drug-likeness (QED) is 0.504. The molecule has 0 aromatic heterocycles. The Morgan fingerprint density at radius 3 is 2.47 bits per heavy atom. The van der Waals surface area contributed by atoms with Crippen LogP contribution in [0.15, 0.2) is 0 Å². The molecule has 0 heterocycles. The Labute approximate surface area is 116 Å². The second-order valence-corrected chi connectivity index (χ2v) is 4.98. The summed E-state index contributed by atoms with van der Waals surface area (Å²) in [7, 11) is 1.68. The van der Waals surface area contributed by atoms with E-state index >= 15 is 0 Å². The molecule has 0 spiro atoms. The summed E-state index contributed by atoms with van der Waals surface area (Å²) in [5, 5.41) is 12.4. The third-order valence-corrected chi connectivity index (χ3v) is 3.09. The average Bonchev–Trinajstić information content (AvgIpc) is 2.39. The molecule has 0 aromatic rings. The minimum absolute atomic E-state index is 0.629. The summed E-state index contributed by atoms with van der Waals surface area (Å²) in [6.07, 6.45) is 4.21. The van der Waals surface area contributed by atoms with Gasteiger partial charge in [0.2, 0.25) is 0 Å². The van der Waals surface area contributed by atoms with Crippen LogP contribution in [0.1, 0.15) is 46.0 Å². The van der Waals surface area contributed by atoms with E-state index in [9.17, 15) is 9.90 Å². The third-order valence-electron chi connectivity index (χ3n) is 3.09. The number of carbonyl (C=O) groups is 1. The van der Waals surface area contributed by atoms with E-state index in [1.807, 2.05) is 6.92 Å². The Morgan fingerprint density at radius 1 is 1.21 bits per heavy atom. The topological polar surface area (TPSA) is 67.8 Å². The maximum atomic E-state index is 11.3. The van der Waals surface area contributed by atoms with Crippen LogP contribution in [0.5, 0.6) is 0 Å². The van der Waals surface area contributed by atoms with Crippen molar-refractivity contribution in [3.8, 4) is 0 Å². The second-order valence-electron chi connectivity index (χ2n) is 4.98. The third kappa shape index (κ3) is 8.97. The molecule has 0 rings (SSSR count). The molecule has 1 atom stereocenters. The number of hydrogen-bond acceptors (Lipinski definition) is 4. The molecule has 0 aliphatic heterocycles. The van der Waals surface area contributed by atoms with Crippen LogP contribution in [0.4, 0.5) is 0 Å². The second kappa shape index (κ2) is 11.2. The fourth-order valence-corrected chi connectivity index (χ4v) is 1.76. The predicted molar refractivity (Wildman–Crippen MR) is 75.5 cm³/mol. The number of nitrogens with one attached hydrogen (secondary N) is 1. The zero-order chi connectivity index (χ0) is 14.6. The van der Waals surface area contributed by atoms with Gasteiger partial charge in [0.1, 0.15) is 5.54 Å². The number of aliphatic carboxylic acids is 1. The summed E-state index contributed by atoms with van der Waals surface area (Å²) in [5.41, 5.74) is -0.813. The smallest absolute Gasteiger partial charge is 0.323 e. The summed E-state index contributed by atoms with van der Waals surface area (Å²) in [4.78, 5) is 11.3. The first-order valence-electron chi connectivity index (χ1n) is 7.12. The molecule has 5 heteroatoms. The highest BCUT2D eigenvalue weighted by Crippen LogP contribution is 2.14. The van der Waals surface area contributed by atoms with Gasteiger partial charge in [-0.15, -0.1) is 0 Å². The number of carboxylic acids is 1. The summed E-state index contributed by atoms with van der Waals surface area (Å²) >= 11 is 0. The van der Waals surface area contributed by atoms with Crippen LogP contribution in [-0.2, 0) is 14.3 Å². The number of unbranched alkanes of at least 4 members (excludes halogenated alkanes) is 1. The van der Waals surface area contributed by atoms with Crippen LogP contribution in [0.3, 0.4) is 0 Å². The van der Waals surface area contributed by atoms with Crippen LogP contribution in [-0.4, -0.2) is 50.1 Å². The molecule has 0 aliphatic rings. The van der Waals surface area contributed by atoms with Crippen molar-refractivity contribution in [3.05, 3.63) is 0 Å². The highest BCUT2D eigenvalue weighted by atomic mass is 16.5. The van der Waals surface area contributed by atoms with Gasteiger partial charge in [0.05, 0.1) is 0 Å². The van der Waals surface area contributed by atoms with Crippen LogP contribution in [0, 0.1) is 0 Å². The van der Waals surface area contributed by atoms with Gasteiger partial charge in [-0.05, 0) is 45.6 Å². The minimum Gasteiger partial charge on any atom is -0.480 e. The molecule has 1 unspecified atom stereocenters. The maximum absolute atomic E-state index is 11.3. The molecule has 0 bridgehead atoms. The molecular formula is C14H29NO4. The van der Waals surface area contributed by atoms with Gasteiger partial charge in [0.15, 0.2) is 0 Å². The lowest BCUT2D eigenvalue weighted by molar-refractivity contribution is -0.144. The van der Waals surface area contributed by atoms with E-state index < -0.39 is 11.5 Å². The molecule has 2 N–H and O–H groups in total. The zero-order valence-corrected chi connectivity index (χ0v) is 12.5. The van der Waals surface area contributed by atoms with E-state index in [4.69, 9.17) is 9.47 Å². The SMILES string of the molecule is CCCNC(C)(CCCCOCCCOC)C(=O)O. The maximum Gasteiger partial charge on any atom is 0.323 e. The lowest BCUT2D eigenvalue weighted by Crippen LogP contribution is -2.49. The van der Waals surface area contributed by atoms with Gasteiger partial charge >= 0.3 is 5.97 Å². The normalized spacial score (nSPS) is 14.3. The van der Waals surface area contributed by atoms with Gasteiger partial charge in [-0.2, -0.15) is 0 Å². The summed E-state index contributed by atoms with van der Waals surface area (Å²) < 4.78 is 10.4. The first-order valence-corrected chi connectivity index (χ1v) is 7.12. The Balaban J connectivity index is 3.67. The lowest BCUT2D eigenvalue weighted by atomic mass is 9.95. The Bertz CT molecular complexity index is 235. The van der Waals surface area contributed by atoms with E-state index in [0.29, 0.717) is 19.6 Å². The largest absolute Gasteiger partial charge is 0.480 e. The number of carboxylic acid groups (broad SMARTS) is 1. The van der Waals surface area contributed by atoms with E-state index in [0.717, 1.165) is 38.8 Å². The standard InChI is InChI=1S/C14H29NO4/c1-4-9-15-14(2,13(16)17)8-5-6-11-19-12-7-10-18-3/h15H,4-12H2,1-3H3,(H,16,17). The molecule has 114 valence electrons. The monoisotopic (exact) mass is 275 g/mol. The highest BCUT2D eigenvalue weighted by molar-refractivity contribution is 5.78. The lowest BCUT2D eigenvalue weighted by Gasteiger charge is -2.26. The molecule has 0 fully saturated rings. The Hall–Kier alpha value is -0.650. The van der Waals surface area contributed by atoms with Gasteiger partial charge in [0, 0.05) is 26.9 Å². The van der Waals surface area contributed by atoms with Crippen molar-refractivity contribution in [2.24, 2.45) is 0 Å². The molecule has 0 saturated carbocycles. The van der Waals surface area contributed by atoms with Crippen LogP contribution in [0.2, 0.25) is 0 Å². The first kappa shape index (κ1) is 18.4. The van der Waals surface area contributed by atoms with Gasteiger partial charge in [0.25, 0.3) is 0 Å². The molecule has 0 aliphatic carbocycles. The summed E-state index contributed by atoms with van der Waals surface area (Å²) in [5.74, 6) is -0.776. The summed E-state index contributed by atoms with van der Waals surface area (Å²) in [6, 6.07) is 0. The van der Waals surface area contributed by atoms with Crippen molar-refractivity contribution in [2.75, 3.05) is 33.5 Å². The number of methoxy groups -OCH3 is 1. The van der Waals surface area contributed by atoms with Crippen molar-refractivity contribution in [1.82, 2.24) is 5.32 Å². The van der Waals surface area contributed by atoms with E-state index in [2.05, 4.69) is 5.32 Å². The minimum atomic E-state index is -0.813. The van der Waals surface area contributed by atoms with Crippen molar-refractivity contribution in [3.63, 3.8) is 0 Å². The fourth-order valence-electron chi connectivity index (χ4n) is 1.76. The van der Waals surface area contributed by atoms with E-state index in [1.54, 1.807) is 14.0 Å². The molecule has 5 nitrogen and oxygen atoms in total. The zero-order valence-electron chi connectivity index (χ0n) is 12.5. The molecular weight excluding hydrogens is 246 g/mol. The van der Waals surface area contributed by atoms with Crippen molar-refractivity contribution in [1.29, 1.82) is 0 Å². The van der Waals surface area contributed by atoms with Crippen LogP contribution < -0.4 is 5.32 Å². The number of rotatable bonds is 13. The van der Waals surface area contributed by atoms with Crippen LogP contribution >= 0.6 is 0 Å². The Morgan fingerprint density at radius 2 is 1.89 bits per heavy atom. The number of ether oxygens (including phenoxy) is 2. The number of hydrogen-bond donors (Lipinski definition) is 2. The fraction of sp³-hybridized carbons (Fsp3) is 0.929. The summed E-state index contributed by atoms with van der Waals surface area (Å²) in [6.45, 7) is 6.63. The molecule has 0 saturated heterocycles. The average molecular weight is 275 g/mol. The van der Waals surface area contributed by atoms with Gasteiger partial charge in [-0.3, -0.25) is 4.79 Å². The van der Waals surface area contributed by atoms with Crippen molar-refractivity contribution in [2.45, 2.75) is 51.5 Å². The van der Waals surface area contributed by atoms with E-state index in [-0.39, 0.29) is 0 Å². The molecule has 0 radical (unpaired) electrons. The van der Waals surface area contributed by atoms with Gasteiger partial charge in [-0.25, -0.2) is 0 Å². The predicted octanol–water partition coefficient (Wildman–Crippen LogP) is 2.05. The van der Waals surface area contributed by atoms with E-state index in [1.165, 1.54) is 0 Å². The molecule has 0 amide bonds. The molecule has 0 aromatic carbocycles. The van der Waals surface area contributed by atoms with Crippen molar-refractivity contribution < 1.29 is 19.4 Å². The Kier molecular flexibility index (Phi) is 10.8. The highest BCUT2D eigenvalue weighted by Gasteiger charge is 2.31. The van der Waals surface area contributed by atoms with Crippen LogP contribution in [0.25, 0.3) is 0 Å². The van der Waals surface area contributed by atoms with Gasteiger partial charge in [-0.1, -0.05) is 6.92 Å². The molecule has 19 heavy (non-hydrogen) atoms.